The van der Waals surface area contributed by atoms with E-state index < -0.39 is 5.91 Å². The van der Waals surface area contributed by atoms with Gasteiger partial charge in [-0.05, 0) is 53.1 Å². The van der Waals surface area contributed by atoms with Crippen molar-refractivity contribution in [3.05, 3.63) is 99.0 Å². The molecule has 0 bridgehead atoms. The van der Waals surface area contributed by atoms with Gasteiger partial charge in [0.15, 0.2) is 0 Å². The molecule has 1 amide bonds. The number of carbonyl (C=O) groups excluding carboxylic acids is 1. The van der Waals surface area contributed by atoms with Crippen LogP contribution in [-0.4, -0.2) is 17.2 Å². The van der Waals surface area contributed by atoms with Crippen molar-refractivity contribution in [2.45, 2.75) is 0 Å². The number of aromatic hydroxyl groups is 1. The molecule has 0 radical (unpaired) electrons. The quantitative estimate of drug-likeness (QED) is 0.325. The SMILES string of the molecule is O=C(NN=Cc1cccc(C=Cc2ccc(Cl)cc2)c1)c1ccc(O)c(Cl)c1. The first-order valence-electron chi connectivity index (χ1n) is 8.37. The Hall–Kier alpha value is -3.08. The molecule has 0 saturated carbocycles. The fraction of sp³-hybridized carbons (Fsp3) is 0. The highest BCUT2D eigenvalue weighted by molar-refractivity contribution is 6.32. The maximum absolute atomic E-state index is 12.1. The van der Waals surface area contributed by atoms with E-state index in [9.17, 15) is 9.90 Å². The number of carbonyl (C=O) groups is 1. The van der Waals surface area contributed by atoms with Crippen LogP contribution in [0.1, 0.15) is 27.0 Å². The van der Waals surface area contributed by atoms with Crippen molar-refractivity contribution < 1.29 is 9.90 Å². The van der Waals surface area contributed by atoms with Gasteiger partial charge in [-0.1, -0.05) is 65.7 Å². The number of nitrogens with one attached hydrogen (secondary N) is 1. The molecule has 6 heteroatoms. The topological polar surface area (TPSA) is 61.7 Å². The van der Waals surface area contributed by atoms with E-state index in [-0.39, 0.29) is 10.8 Å². The van der Waals surface area contributed by atoms with Gasteiger partial charge in [0.1, 0.15) is 5.75 Å². The summed E-state index contributed by atoms with van der Waals surface area (Å²) in [7, 11) is 0. The van der Waals surface area contributed by atoms with Gasteiger partial charge >= 0.3 is 0 Å². The van der Waals surface area contributed by atoms with Crippen molar-refractivity contribution in [3.8, 4) is 5.75 Å². The molecular formula is C22H16Cl2N2O2. The summed E-state index contributed by atoms with van der Waals surface area (Å²) in [6.45, 7) is 0. The van der Waals surface area contributed by atoms with Crippen molar-refractivity contribution in [1.29, 1.82) is 0 Å². The molecule has 3 aromatic rings. The van der Waals surface area contributed by atoms with Gasteiger partial charge in [-0.2, -0.15) is 5.10 Å². The highest BCUT2D eigenvalue weighted by Gasteiger charge is 2.07. The molecule has 3 aromatic carbocycles. The molecule has 0 saturated heterocycles. The number of phenolic OH excluding ortho intramolecular Hbond substituents is 1. The molecule has 0 unspecified atom stereocenters. The summed E-state index contributed by atoms with van der Waals surface area (Å²) in [5.41, 5.74) is 5.62. The van der Waals surface area contributed by atoms with E-state index in [1.54, 1.807) is 6.21 Å². The predicted molar refractivity (Wildman–Crippen MR) is 115 cm³/mol. The average Bonchev–Trinajstić information content (AvgIpc) is 2.70. The van der Waals surface area contributed by atoms with Crippen molar-refractivity contribution >= 4 is 47.5 Å². The molecular weight excluding hydrogens is 395 g/mol. The molecule has 0 heterocycles. The summed E-state index contributed by atoms with van der Waals surface area (Å²) in [5, 5.41) is 14.2. The van der Waals surface area contributed by atoms with Crippen molar-refractivity contribution in [3.63, 3.8) is 0 Å². The lowest BCUT2D eigenvalue weighted by molar-refractivity contribution is 0.0955. The van der Waals surface area contributed by atoms with E-state index in [0.29, 0.717) is 10.6 Å². The number of amides is 1. The van der Waals surface area contributed by atoms with Crippen LogP contribution in [0.4, 0.5) is 0 Å². The first-order valence-corrected chi connectivity index (χ1v) is 9.12. The first-order chi connectivity index (χ1) is 13.5. The van der Waals surface area contributed by atoms with Gasteiger partial charge in [-0.15, -0.1) is 0 Å². The average molecular weight is 411 g/mol. The molecule has 0 atom stereocenters. The monoisotopic (exact) mass is 410 g/mol. The van der Waals surface area contributed by atoms with Crippen molar-refractivity contribution in [2.24, 2.45) is 5.10 Å². The van der Waals surface area contributed by atoms with Gasteiger partial charge in [0, 0.05) is 10.6 Å². The summed E-state index contributed by atoms with van der Waals surface area (Å²) < 4.78 is 0. The molecule has 0 aliphatic rings. The normalized spacial score (nSPS) is 11.2. The zero-order valence-corrected chi connectivity index (χ0v) is 16.2. The maximum atomic E-state index is 12.1. The predicted octanol–water partition coefficient (Wildman–Crippen LogP) is 5.63. The third kappa shape index (κ3) is 5.46. The number of nitrogens with zero attached hydrogens (tertiary/aromatic N) is 1. The Morgan fingerprint density at radius 2 is 1.61 bits per heavy atom. The summed E-state index contributed by atoms with van der Waals surface area (Å²) in [6, 6.07) is 19.5. The Bertz CT molecular complexity index is 1040. The Balaban J connectivity index is 1.64. The van der Waals surface area contributed by atoms with Crippen molar-refractivity contribution in [1.82, 2.24) is 5.43 Å². The van der Waals surface area contributed by atoms with E-state index >= 15 is 0 Å². The highest BCUT2D eigenvalue weighted by Crippen LogP contribution is 2.23. The van der Waals surface area contributed by atoms with E-state index in [1.165, 1.54) is 18.2 Å². The highest BCUT2D eigenvalue weighted by atomic mass is 35.5. The second-order valence-corrected chi connectivity index (χ2v) is 6.76. The molecule has 140 valence electrons. The zero-order chi connectivity index (χ0) is 19.9. The summed E-state index contributed by atoms with van der Waals surface area (Å²) >= 11 is 11.7. The number of hydrogen-bond acceptors (Lipinski definition) is 3. The molecule has 0 fully saturated rings. The van der Waals surface area contributed by atoms with E-state index in [1.807, 2.05) is 60.7 Å². The lowest BCUT2D eigenvalue weighted by Crippen LogP contribution is -2.17. The van der Waals surface area contributed by atoms with E-state index in [0.717, 1.165) is 16.7 Å². The minimum Gasteiger partial charge on any atom is -0.506 e. The number of hydrazone groups is 1. The number of halogens is 2. The number of rotatable bonds is 5. The van der Waals surface area contributed by atoms with Crippen LogP contribution >= 0.6 is 23.2 Å². The third-order valence-corrected chi connectivity index (χ3v) is 4.39. The van der Waals surface area contributed by atoms with Crippen molar-refractivity contribution in [2.75, 3.05) is 0 Å². The molecule has 0 aliphatic heterocycles. The van der Waals surface area contributed by atoms with Gasteiger partial charge in [0.05, 0.1) is 11.2 Å². The van der Waals surface area contributed by atoms with E-state index in [2.05, 4.69) is 10.5 Å². The smallest absolute Gasteiger partial charge is 0.271 e. The standard InChI is InChI=1S/C22H16Cl2N2O2/c23-19-9-6-15(7-10-19)4-5-16-2-1-3-17(12-16)14-25-26-22(28)18-8-11-21(27)20(24)13-18/h1-14,27H,(H,26,28). The summed E-state index contributed by atoms with van der Waals surface area (Å²) in [6.07, 6.45) is 5.53. The van der Waals surface area contributed by atoms with Gasteiger partial charge in [0.25, 0.3) is 5.91 Å². The fourth-order valence-electron chi connectivity index (χ4n) is 2.39. The van der Waals surface area contributed by atoms with Gasteiger partial charge in [-0.3, -0.25) is 4.79 Å². The van der Waals surface area contributed by atoms with Crippen LogP contribution in [0, 0.1) is 0 Å². The number of benzene rings is 3. The Kier molecular flexibility index (Phi) is 6.48. The molecule has 0 aliphatic carbocycles. The van der Waals surface area contributed by atoms with Crippen LogP contribution in [0.3, 0.4) is 0 Å². The molecule has 4 nitrogen and oxygen atoms in total. The summed E-state index contributed by atoms with van der Waals surface area (Å²) in [4.78, 5) is 12.1. The number of hydrogen-bond donors (Lipinski definition) is 2. The molecule has 0 spiro atoms. The molecule has 0 aromatic heterocycles. The lowest BCUT2D eigenvalue weighted by atomic mass is 10.1. The fourth-order valence-corrected chi connectivity index (χ4v) is 2.69. The van der Waals surface area contributed by atoms with E-state index in [4.69, 9.17) is 23.2 Å². The lowest BCUT2D eigenvalue weighted by Gasteiger charge is -2.02. The van der Waals surface area contributed by atoms with Crippen LogP contribution in [0.5, 0.6) is 5.75 Å². The van der Waals surface area contributed by atoms with Crippen LogP contribution < -0.4 is 5.43 Å². The molecule has 3 rings (SSSR count). The van der Waals surface area contributed by atoms with Crippen LogP contribution in [0.2, 0.25) is 10.0 Å². The van der Waals surface area contributed by atoms with Gasteiger partial charge in [-0.25, -0.2) is 5.43 Å². The second kappa shape index (κ2) is 9.22. The largest absolute Gasteiger partial charge is 0.506 e. The Morgan fingerprint density at radius 3 is 2.36 bits per heavy atom. The van der Waals surface area contributed by atoms with Gasteiger partial charge in [0.2, 0.25) is 0 Å². The first kappa shape index (κ1) is 19.7. The Morgan fingerprint density at radius 1 is 0.893 bits per heavy atom. The van der Waals surface area contributed by atoms with Gasteiger partial charge < -0.3 is 5.11 Å². The van der Waals surface area contributed by atoms with Crippen LogP contribution in [-0.2, 0) is 0 Å². The Labute approximate surface area is 172 Å². The number of phenols is 1. The zero-order valence-electron chi connectivity index (χ0n) is 14.6. The molecule has 2 N–H and O–H groups in total. The van der Waals surface area contributed by atoms with Crippen LogP contribution in [0.25, 0.3) is 12.2 Å². The third-order valence-electron chi connectivity index (χ3n) is 3.84. The minimum atomic E-state index is -0.420. The maximum Gasteiger partial charge on any atom is 0.271 e. The minimum absolute atomic E-state index is 0.0785. The van der Waals surface area contributed by atoms with Crippen LogP contribution in [0.15, 0.2) is 71.8 Å². The summed E-state index contributed by atoms with van der Waals surface area (Å²) in [5.74, 6) is -0.498. The second-order valence-electron chi connectivity index (χ2n) is 5.92. The molecule has 28 heavy (non-hydrogen) atoms.